The van der Waals surface area contributed by atoms with Crippen LogP contribution in [-0.2, 0) is 14.3 Å². The summed E-state index contributed by atoms with van der Waals surface area (Å²) in [6, 6.07) is 12.7. The van der Waals surface area contributed by atoms with Gasteiger partial charge in [-0.3, -0.25) is 14.5 Å². The second-order valence-electron chi connectivity index (χ2n) is 9.32. The lowest BCUT2D eigenvalue weighted by atomic mass is 9.95. The highest BCUT2D eigenvalue weighted by Gasteiger charge is 2.47. The van der Waals surface area contributed by atoms with Crippen LogP contribution in [0.4, 0.5) is 9.18 Å². The molecule has 1 fully saturated rings. The number of hydrogen-bond donors (Lipinski definition) is 2. The molecule has 5 rings (SSSR count). The zero-order valence-corrected chi connectivity index (χ0v) is 20.4. The van der Waals surface area contributed by atoms with E-state index in [4.69, 9.17) is 4.74 Å². The molecule has 2 aromatic carbocycles. The van der Waals surface area contributed by atoms with E-state index in [0.29, 0.717) is 35.5 Å². The molecule has 1 saturated heterocycles. The van der Waals surface area contributed by atoms with Gasteiger partial charge in [-0.25, -0.2) is 9.18 Å². The summed E-state index contributed by atoms with van der Waals surface area (Å²) in [5.74, 6) is -1.19. The summed E-state index contributed by atoms with van der Waals surface area (Å²) in [7, 11) is 0. The summed E-state index contributed by atoms with van der Waals surface area (Å²) in [4.78, 5) is 43.6. The van der Waals surface area contributed by atoms with Crippen molar-refractivity contribution >= 4 is 17.8 Å². The van der Waals surface area contributed by atoms with Crippen molar-refractivity contribution in [2.45, 2.75) is 31.0 Å². The molecule has 2 N–H and O–H groups in total. The number of urea groups is 1. The van der Waals surface area contributed by atoms with Crippen molar-refractivity contribution in [1.82, 2.24) is 20.4 Å². The standard InChI is InChI=1S/C28H29FN4O4/c1-2-13-32-22-17-33(27(35)23(22)24(31-28(32)36)19-10-6-11-20(29)15-19)25(18-8-4-3-5-9-18)26(34)30-16-21-12-7-14-37-21/h2-6,8-11,15,21,24-25H,1,7,12-14,16-17H2,(H,30,34)(H,31,36)/t21-,24-,25+/m1/s1. The van der Waals surface area contributed by atoms with Crippen molar-refractivity contribution in [2.75, 3.05) is 26.2 Å². The van der Waals surface area contributed by atoms with Gasteiger partial charge >= 0.3 is 6.03 Å². The molecule has 192 valence electrons. The van der Waals surface area contributed by atoms with Gasteiger partial charge in [0, 0.05) is 19.7 Å². The number of nitrogens with zero attached hydrogens (tertiary/aromatic N) is 2. The van der Waals surface area contributed by atoms with Crippen molar-refractivity contribution in [1.29, 1.82) is 0 Å². The summed E-state index contributed by atoms with van der Waals surface area (Å²) < 4.78 is 19.7. The molecular weight excluding hydrogens is 475 g/mol. The van der Waals surface area contributed by atoms with Crippen LogP contribution in [0.1, 0.15) is 36.1 Å². The fourth-order valence-corrected chi connectivity index (χ4v) is 5.20. The maximum atomic E-state index is 14.1. The Hall–Kier alpha value is -3.98. The molecule has 2 aromatic rings. The Kier molecular flexibility index (Phi) is 7.05. The molecule has 0 unspecified atom stereocenters. The largest absolute Gasteiger partial charge is 0.376 e. The van der Waals surface area contributed by atoms with Crippen LogP contribution in [0.3, 0.4) is 0 Å². The Morgan fingerprint density at radius 2 is 2.03 bits per heavy atom. The average Bonchev–Trinajstić information content (AvgIpc) is 3.54. The molecule has 3 heterocycles. The maximum Gasteiger partial charge on any atom is 0.322 e. The van der Waals surface area contributed by atoms with Crippen LogP contribution >= 0.6 is 0 Å². The van der Waals surface area contributed by atoms with Gasteiger partial charge in [0.25, 0.3) is 5.91 Å². The zero-order valence-electron chi connectivity index (χ0n) is 20.4. The summed E-state index contributed by atoms with van der Waals surface area (Å²) >= 11 is 0. The molecule has 9 heteroatoms. The van der Waals surface area contributed by atoms with Gasteiger partial charge in [-0.2, -0.15) is 0 Å². The third kappa shape index (κ3) is 4.86. The highest BCUT2D eigenvalue weighted by molar-refractivity contribution is 6.03. The van der Waals surface area contributed by atoms with E-state index >= 15 is 0 Å². The lowest BCUT2D eigenvalue weighted by Crippen LogP contribution is -2.47. The highest BCUT2D eigenvalue weighted by atomic mass is 19.1. The van der Waals surface area contributed by atoms with Gasteiger partial charge in [-0.15, -0.1) is 6.58 Å². The molecule has 0 spiro atoms. The van der Waals surface area contributed by atoms with Crippen molar-refractivity contribution in [2.24, 2.45) is 0 Å². The Morgan fingerprint density at radius 1 is 1.22 bits per heavy atom. The third-order valence-electron chi connectivity index (χ3n) is 6.95. The van der Waals surface area contributed by atoms with Crippen LogP contribution in [0.5, 0.6) is 0 Å². The minimum Gasteiger partial charge on any atom is -0.376 e. The number of benzene rings is 2. The van der Waals surface area contributed by atoms with Gasteiger partial charge < -0.3 is 20.3 Å². The van der Waals surface area contributed by atoms with Crippen LogP contribution in [0.15, 0.2) is 78.5 Å². The predicted molar refractivity (Wildman–Crippen MR) is 134 cm³/mol. The number of carbonyl (C=O) groups is 3. The minimum atomic E-state index is -0.922. The van der Waals surface area contributed by atoms with E-state index in [1.807, 2.05) is 18.2 Å². The van der Waals surface area contributed by atoms with Crippen LogP contribution in [0.25, 0.3) is 0 Å². The van der Waals surface area contributed by atoms with Crippen molar-refractivity contribution in [3.8, 4) is 0 Å². The normalized spacial score (nSPS) is 22.1. The first-order chi connectivity index (χ1) is 18.0. The van der Waals surface area contributed by atoms with Gasteiger partial charge in [-0.1, -0.05) is 48.5 Å². The first kappa shape index (κ1) is 24.7. The fourth-order valence-electron chi connectivity index (χ4n) is 5.20. The molecular formula is C28H29FN4O4. The zero-order chi connectivity index (χ0) is 25.9. The van der Waals surface area contributed by atoms with E-state index in [0.717, 1.165) is 12.8 Å². The second kappa shape index (κ2) is 10.6. The first-order valence-electron chi connectivity index (χ1n) is 12.4. The van der Waals surface area contributed by atoms with Crippen LogP contribution in [0, 0.1) is 5.82 Å². The van der Waals surface area contributed by atoms with E-state index in [-0.39, 0.29) is 31.0 Å². The van der Waals surface area contributed by atoms with Crippen molar-refractivity contribution in [3.63, 3.8) is 0 Å². The summed E-state index contributed by atoms with van der Waals surface area (Å²) in [5.41, 5.74) is 1.90. The van der Waals surface area contributed by atoms with Crippen molar-refractivity contribution in [3.05, 3.63) is 95.5 Å². The number of ether oxygens (including phenoxy) is 1. The molecule has 4 amide bonds. The quantitative estimate of drug-likeness (QED) is 0.541. The predicted octanol–water partition coefficient (Wildman–Crippen LogP) is 3.21. The molecule has 0 saturated carbocycles. The molecule has 3 aliphatic rings. The van der Waals surface area contributed by atoms with Crippen molar-refractivity contribution < 1.29 is 23.5 Å². The SMILES string of the molecule is C=CCN1C(=O)N[C@H](c2cccc(F)c2)C2=C1CN([C@H](C(=O)NC[C@H]1CCCO1)c1ccccc1)C2=O. The van der Waals surface area contributed by atoms with Crippen LogP contribution in [0.2, 0.25) is 0 Å². The van der Waals surface area contributed by atoms with Gasteiger partial charge in [0.15, 0.2) is 0 Å². The smallest absolute Gasteiger partial charge is 0.322 e. The Balaban J connectivity index is 1.50. The lowest BCUT2D eigenvalue weighted by Gasteiger charge is -2.33. The van der Waals surface area contributed by atoms with Gasteiger partial charge in [0.2, 0.25) is 5.91 Å². The van der Waals surface area contributed by atoms with E-state index in [1.165, 1.54) is 28.0 Å². The third-order valence-corrected chi connectivity index (χ3v) is 6.95. The summed E-state index contributed by atoms with van der Waals surface area (Å²) in [6.07, 6.45) is 3.34. The Morgan fingerprint density at radius 3 is 2.73 bits per heavy atom. The number of rotatable bonds is 8. The highest BCUT2D eigenvalue weighted by Crippen LogP contribution is 2.39. The summed E-state index contributed by atoms with van der Waals surface area (Å²) in [5, 5.41) is 5.80. The lowest BCUT2D eigenvalue weighted by molar-refractivity contribution is -0.137. The number of hydrogen-bond acceptors (Lipinski definition) is 4. The van der Waals surface area contributed by atoms with Gasteiger partial charge in [0.1, 0.15) is 11.9 Å². The topological polar surface area (TPSA) is 91.0 Å². The second-order valence-corrected chi connectivity index (χ2v) is 9.32. The van der Waals surface area contributed by atoms with Crippen LogP contribution < -0.4 is 10.6 Å². The molecule has 8 nitrogen and oxygen atoms in total. The molecule has 3 aliphatic heterocycles. The first-order valence-corrected chi connectivity index (χ1v) is 12.4. The van der Waals surface area contributed by atoms with E-state index in [2.05, 4.69) is 17.2 Å². The number of halogens is 1. The monoisotopic (exact) mass is 504 g/mol. The molecule has 0 bridgehead atoms. The van der Waals surface area contributed by atoms with E-state index in [9.17, 15) is 18.8 Å². The van der Waals surface area contributed by atoms with E-state index < -0.39 is 23.9 Å². The molecule has 0 aromatic heterocycles. The van der Waals surface area contributed by atoms with Gasteiger partial charge in [0.05, 0.1) is 30.0 Å². The van der Waals surface area contributed by atoms with Crippen LogP contribution in [-0.4, -0.2) is 60.0 Å². The minimum absolute atomic E-state index is 0.0498. The molecule has 37 heavy (non-hydrogen) atoms. The fraction of sp³-hybridized carbons (Fsp3) is 0.321. The summed E-state index contributed by atoms with van der Waals surface area (Å²) in [6.45, 7) is 4.99. The van der Waals surface area contributed by atoms with Gasteiger partial charge in [-0.05, 0) is 36.1 Å². The maximum absolute atomic E-state index is 14.1. The molecule has 3 atom stereocenters. The Labute approximate surface area is 214 Å². The number of nitrogens with one attached hydrogen (secondary N) is 2. The Bertz CT molecular complexity index is 1240. The number of amides is 4. The molecule has 0 aliphatic carbocycles. The van der Waals surface area contributed by atoms with E-state index in [1.54, 1.807) is 24.3 Å². The molecule has 0 radical (unpaired) electrons. The number of carbonyl (C=O) groups excluding carboxylic acids is 3. The average molecular weight is 505 g/mol.